The molecule has 0 aliphatic carbocycles. The molecule has 0 saturated carbocycles. The number of rotatable bonds is 8. The third-order valence-electron chi connectivity index (χ3n) is 3.01. The summed E-state index contributed by atoms with van der Waals surface area (Å²) in [5.74, 6) is 0. The lowest BCUT2D eigenvalue weighted by molar-refractivity contribution is 0.149. The van der Waals surface area contributed by atoms with Gasteiger partial charge in [0, 0.05) is 32.8 Å². The molecule has 116 valence electrons. The molecule has 0 bridgehead atoms. The molecule has 0 saturated heterocycles. The lowest BCUT2D eigenvalue weighted by atomic mass is 10.3. The van der Waals surface area contributed by atoms with E-state index in [1.165, 1.54) is 15.6 Å². The molecule has 0 fully saturated rings. The van der Waals surface area contributed by atoms with Crippen LogP contribution in [0.25, 0.3) is 0 Å². The Morgan fingerprint density at radius 2 is 2.05 bits per heavy atom. The summed E-state index contributed by atoms with van der Waals surface area (Å²) in [5.41, 5.74) is 0.995. The summed E-state index contributed by atoms with van der Waals surface area (Å²) in [5, 5.41) is 5.16. The molecule has 0 amide bonds. The molecule has 0 radical (unpaired) electrons. The zero-order chi connectivity index (χ0) is 15.3. The van der Waals surface area contributed by atoms with Gasteiger partial charge < -0.3 is 10.1 Å². The Labute approximate surface area is 126 Å². The van der Waals surface area contributed by atoms with E-state index in [0.717, 1.165) is 5.56 Å². The zero-order valence-corrected chi connectivity index (χ0v) is 14.3. The minimum atomic E-state index is -3.43. The molecule has 1 heterocycles. The van der Waals surface area contributed by atoms with Gasteiger partial charge in [0.25, 0.3) is 10.0 Å². The molecule has 5 nitrogen and oxygen atoms in total. The normalized spacial score (nSPS) is 14.2. The summed E-state index contributed by atoms with van der Waals surface area (Å²) >= 11 is 1.26. The van der Waals surface area contributed by atoms with Crippen molar-refractivity contribution in [3.8, 4) is 0 Å². The van der Waals surface area contributed by atoms with Crippen molar-refractivity contribution in [3.63, 3.8) is 0 Å². The topological polar surface area (TPSA) is 58.6 Å². The first-order chi connectivity index (χ1) is 9.28. The maximum absolute atomic E-state index is 12.5. The van der Waals surface area contributed by atoms with E-state index < -0.39 is 10.0 Å². The molecule has 0 aliphatic rings. The van der Waals surface area contributed by atoms with Crippen LogP contribution in [-0.2, 0) is 21.3 Å². The molecule has 20 heavy (non-hydrogen) atoms. The number of sulfonamides is 1. The van der Waals surface area contributed by atoms with Crippen LogP contribution in [0.5, 0.6) is 0 Å². The Morgan fingerprint density at radius 1 is 1.40 bits per heavy atom. The first-order valence-corrected chi connectivity index (χ1v) is 8.88. The first kappa shape index (κ1) is 17.6. The van der Waals surface area contributed by atoms with Crippen LogP contribution in [0.4, 0.5) is 0 Å². The molecule has 1 aromatic heterocycles. The average Bonchev–Trinajstić information content (AvgIpc) is 2.85. The maximum Gasteiger partial charge on any atom is 0.252 e. The van der Waals surface area contributed by atoms with Crippen LogP contribution in [0, 0.1) is 0 Å². The summed E-state index contributed by atoms with van der Waals surface area (Å²) in [6, 6.07) is 1.93. The number of methoxy groups -OCH3 is 1. The summed E-state index contributed by atoms with van der Waals surface area (Å²) in [6.45, 7) is 7.01. The molecular formula is C13H24N2O3S2. The second-order valence-electron chi connectivity index (χ2n) is 5.14. The number of likely N-dealkylation sites (N-methyl/N-ethyl adjacent to an activating group) is 1. The van der Waals surface area contributed by atoms with E-state index >= 15 is 0 Å². The largest absolute Gasteiger partial charge is 0.383 e. The quantitative estimate of drug-likeness (QED) is 0.795. The van der Waals surface area contributed by atoms with Gasteiger partial charge in [-0.1, -0.05) is 13.8 Å². The summed E-state index contributed by atoms with van der Waals surface area (Å²) in [6.07, 6.45) is 0. The minimum absolute atomic E-state index is 0.190. The van der Waals surface area contributed by atoms with Gasteiger partial charge in [-0.2, -0.15) is 4.31 Å². The standard InChI is InChI=1S/C13H24N2O3S2/c1-10(2)14-7-12-6-13(19-9-12)20(16,17)15(4)11(3)8-18-5/h6,9-11,14H,7-8H2,1-5H3. The second-order valence-corrected chi connectivity index (χ2v) is 8.27. The van der Waals surface area contributed by atoms with Crippen molar-refractivity contribution >= 4 is 21.4 Å². The molecule has 0 spiro atoms. The number of ether oxygens (including phenoxy) is 1. The molecule has 1 N–H and O–H groups in total. The number of nitrogens with zero attached hydrogens (tertiary/aromatic N) is 1. The highest BCUT2D eigenvalue weighted by atomic mass is 32.2. The highest BCUT2D eigenvalue weighted by Crippen LogP contribution is 2.24. The van der Waals surface area contributed by atoms with E-state index in [4.69, 9.17) is 4.74 Å². The lowest BCUT2D eigenvalue weighted by Gasteiger charge is -2.22. The van der Waals surface area contributed by atoms with Crippen molar-refractivity contribution in [1.82, 2.24) is 9.62 Å². The molecule has 1 atom stereocenters. The van der Waals surface area contributed by atoms with Crippen LogP contribution in [-0.4, -0.2) is 45.6 Å². The molecule has 1 aromatic rings. The number of hydrogen-bond donors (Lipinski definition) is 1. The van der Waals surface area contributed by atoms with Crippen molar-refractivity contribution in [3.05, 3.63) is 17.0 Å². The van der Waals surface area contributed by atoms with Gasteiger partial charge in [-0.15, -0.1) is 11.3 Å². The van der Waals surface area contributed by atoms with E-state index in [2.05, 4.69) is 19.2 Å². The smallest absolute Gasteiger partial charge is 0.252 e. The van der Waals surface area contributed by atoms with Gasteiger partial charge in [0.2, 0.25) is 0 Å². The third-order valence-corrected chi connectivity index (χ3v) is 6.44. The Hall–Kier alpha value is -0.470. The summed E-state index contributed by atoms with van der Waals surface area (Å²) < 4.78 is 31.7. The number of hydrogen-bond acceptors (Lipinski definition) is 5. The molecule has 0 aliphatic heterocycles. The van der Waals surface area contributed by atoms with Gasteiger partial charge in [-0.05, 0) is 23.9 Å². The Kier molecular flexibility index (Phi) is 6.60. The third kappa shape index (κ3) is 4.53. The first-order valence-electron chi connectivity index (χ1n) is 6.56. The lowest BCUT2D eigenvalue weighted by Crippen LogP contribution is -2.37. The van der Waals surface area contributed by atoms with E-state index in [1.54, 1.807) is 20.2 Å². The van der Waals surface area contributed by atoms with Crippen molar-refractivity contribution in [2.45, 2.75) is 43.6 Å². The van der Waals surface area contributed by atoms with E-state index in [0.29, 0.717) is 23.4 Å². The maximum atomic E-state index is 12.5. The van der Waals surface area contributed by atoms with Crippen molar-refractivity contribution < 1.29 is 13.2 Å². The fourth-order valence-corrected chi connectivity index (χ4v) is 4.37. The van der Waals surface area contributed by atoms with Crippen LogP contribution in [0.3, 0.4) is 0 Å². The highest BCUT2D eigenvalue weighted by Gasteiger charge is 2.26. The van der Waals surface area contributed by atoms with Gasteiger partial charge in [-0.3, -0.25) is 0 Å². The molecule has 1 rings (SSSR count). The predicted molar refractivity (Wildman–Crippen MR) is 82.6 cm³/mol. The van der Waals surface area contributed by atoms with Crippen LogP contribution >= 0.6 is 11.3 Å². The predicted octanol–water partition coefficient (Wildman–Crippen LogP) is 1.90. The van der Waals surface area contributed by atoms with Crippen LogP contribution in [0.15, 0.2) is 15.7 Å². The molecule has 7 heteroatoms. The fourth-order valence-electron chi connectivity index (χ4n) is 1.63. The Bertz CT molecular complexity index is 511. The fraction of sp³-hybridized carbons (Fsp3) is 0.692. The SMILES string of the molecule is COCC(C)N(C)S(=O)(=O)c1cc(CNC(C)C)cs1. The zero-order valence-electron chi connectivity index (χ0n) is 12.7. The highest BCUT2D eigenvalue weighted by molar-refractivity contribution is 7.91. The number of thiophene rings is 1. The van der Waals surface area contributed by atoms with Crippen LogP contribution in [0.1, 0.15) is 26.3 Å². The van der Waals surface area contributed by atoms with Crippen molar-refractivity contribution in [2.24, 2.45) is 0 Å². The minimum Gasteiger partial charge on any atom is -0.383 e. The summed E-state index contributed by atoms with van der Waals surface area (Å²) in [4.78, 5) is 0. The van der Waals surface area contributed by atoms with E-state index in [1.807, 2.05) is 12.3 Å². The monoisotopic (exact) mass is 320 g/mol. The van der Waals surface area contributed by atoms with Crippen LogP contribution in [0.2, 0.25) is 0 Å². The van der Waals surface area contributed by atoms with Gasteiger partial charge in [0.05, 0.1) is 6.61 Å². The van der Waals surface area contributed by atoms with Gasteiger partial charge in [0.15, 0.2) is 0 Å². The second kappa shape index (κ2) is 7.51. The van der Waals surface area contributed by atoms with E-state index in [-0.39, 0.29) is 6.04 Å². The van der Waals surface area contributed by atoms with Gasteiger partial charge in [-0.25, -0.2) is 8.42 Å². The summed E-state index contributed by atoms with van der Waals surface area (Å²) in [7, 11) is -0.279. The number of nitrogens with one attached hydrogen (secondary N) is 1. The van der Waals surface area contributed by atoms with Crippen LogP contribution < -0.4 is 5.32 Å². The molecular weight excluding hydrogens is 296 g/mol. The van der Waals surface area contributed by atoms with Gasteiger partial charge >= 0.3 is 0 Å². The Morgan fingerprint density at radius 3 is 2.60 bits per heavy atom. The average molecular weight is 320 g/mol. The van der Waals surface area contributed by atoms with Gasteiger partial charge in [0.1, 0.15) is 4.21 Å². The Balaban J connectivity index is 2.82. The molecule has 1 unspecified atom stereocenters. The van der Waals surface area contributed by atoms with Crippen molar-refractivity contribution in [2.75, 3.05) is 20.8 Å². The molecule has 0 aromatic carbocycles. The van der Waals surface area contributed by atoms with E-state index in [9.17, 15) is 8.42 Å². The van der Waals surface area contributed by atoms with Crippen molar-refractivity contribution in [1.29, 1.82) is 0 Å².